The molecule has 0 radical (unpaired) electrons. The van der Waals surface area contributed by atoms with Crippen molar-refractivity contribution in [3.8, 4) is 0 Å². The van der Waals surface area contributed by atoms with Crippen LogP contribution in [0.15, 0.2) is 11.6 Å². The Balaban J connectivity index is 4.75. The van der Waals surface area contributed by atoms with Gasteiger partial charge in [0.2, 0.25) is 3.79 Å². The van der Waals surface area contributed by atoms with Crippen molar-refractivity contribution in [3.63, 3.8) is 0 Å². The number of halogens is 3. The van der Waals surface area contributed by atoms with Crippen LogP contribution in [0.3, 0.4) is 0 Å². The molecule has 0 bridgehead atoms. The van der Waals surface area contributed by atoms with Crippen LogP contribution in [0.1, 0.15) is 13.8 Å². The first-order chi connectivity index (χ1) is 6.77. The summed E-state index contributed by atoms with van der Waals surface area (Å²) in [5, 5.41) is 0. The van der Waals surface area contributed by atoms with Crippen molar-refractivity contribution < 1.29 is 14.3 Å². The lowest BCUT2D eigenvalue weighted by Gasteiger charge is -2.20. The molecule has 0 saturated carbocycles. The lowest BCUT2D eigenvalue weighted by Crippen LogP contribution is -2.30. The minimum atomic E-state index is -1.77. The molecule has 0 saturated heterocycles. The third-order valence-corrected chi connectivity index (χ3v) is 1.86. The molecule has 0 aromatic carbocycles. The van der Waals surface area contributed by atoms with Crippen LogP contribution in [-0.4, -0.2) is 26.9 Å². The molecule has 0 aromatic heterocycles. The van der Waals surface area contributed by atoms with Gasteiger partial charge in [0.1, 0.15) is 0 Å². The summed E-state index contributed by atoms with van der Waals surface area (Å²) in [6.45, 7) is 3.52. The van der Waals surface area contributed by atoms with Gasteiger partial charge in [-0.15, -0.1) is 0 Å². The number of allylic oxidation sites excluding steroid dienone is 1. The van der Waals surface area contributed by atoms with Crippen molar-refractivity contribution >= 4 is 47.0 Å². The summed E-state index contributed by atoms with van der Waals surface area (Å²) in [5.41, 5.74) is 8.91. The Hall–Kier alpha value is -0.540. The first-order valence-electron chi connectivity index (χ1n) is 3.87. The van der Waals surface area contributed by atoms with Crippen LogP contribution in [0.4, 0.5) is 0 Å². The molecule has 0 heterocycles. The first kappa shape index (κ1) is 14.5. The van der Waals surface area contributed by atoms with Crippen molar-refractivity contribution in [2.75, 3.05) is 0 Å². The zero-order valence-corrected chi connectivity index (χ0v) is 10.3. The molecule has 0 aromatic rings. The molecular formula is C8H9Cl3N2O2. The summed E-state index contributed by atoms with van der Waals surface area (Å²) in [6, 6.07) is 0. The number of nitrogens with zero attached hydrogens (tertiary/aromatic N) is 2. The zero-order valence-electron chi connectivity index (χ0n) is 8.08. The standard InChI is InChI=1S/C8H9Cl3N2O2/c1-5(2)3-6(8(9,10)11)15-7(14)4-13-12/h3-4,6H,1-2H3. The summed E-state index contributed by atoms with van der Waals surface area (Å²) in [5.74, 6) is -0.897. The Kier molecular flexibility index (Phi) is 5.91. The van der Waals surface area contributed by atoms with Crippen molar-refractivity contribution in [2.24, 2.45) is 0 Å². The molecule has 0 spiro atoms. The van der Waals surface area contributed by atoms with E-state index in [9.17, 15) is 4.79 Å². The molecule has 0 aliphatic rings. The minimum absolute atomic E-state index is 0.572. The summed E-state index contributed by atoms with van der Waals surface area (Å²) >= 11 is 16.8. The Morgan fingerprint density at radius 1 is 1.47 bits per heavy atom. The fourth-order valence-corrected chi connectivity index (χ4v) is 1.02. The minimum Gasteiger partial charge on any atom is -0.445 e. The summed E-state index contributed by atoms with van der Waals surface area (Å²) in [4.78, 5) is 13.4. The Morgan fingerprint density at radius 2 is 2.00 bits per heavy atom. The molecule has 0 aliphatic heterocycles. The highest BCUT2D eigenvalue weighted by Gasteiger charge is 2.34. The molecule has 0 rings (SSSR count). The zero-order chi connectivity index (χ0) is 12.1. The Morgan fingerprint density at radius 3 is 2.33 bits per heavy atom. The number of rotatable bonds is 3. The highest BCUT2D eigenvalue weighted by molar-refractivity contribution is 6.68. The number of ether oxygens (including phenoxy) is 1. The van der Waals surface area contributed by atoms with E-state index in [-0.39, 0.29) is 0 Å². The van der Waals surface area contributed by atoms with Crippen LogP contribution < -0.4 is 0 Å². The highest BCUT2D eigenvalue weighted by atomic mass is 35.6. The third-order valence-electron chi connectivity index (χ3n) is 1.21. The smallest absolute Gasteiger partial charge is 0.414 e. The van der Waals surface area contributed by atoms with E-state index in [1.165, 1.54) is 6.08 Å². The van der Waals surface area contributed by atoms with E-state index in [0.29, 0.717) is 6.21 Å². The molecular weight excluding hydrogens is 262 g/mol. The van der Waals surface area contributed by atoms with Crippen LogP contribution in [0.5, 0.6) is 0 Å². The van der Waals surface area contributed by atoms with E-state index in [1.54, 1.807) is 13.8 Å². The number of esters is 1. The molecule has 84 valence electrons. The van der Waals surface area contributed by atoms with E-state index in [1.807, 2.05) is 0 Å². The number of hydrogen-bond acceptors (Lipinski definition) is 2. The van der Waals surface area contributed by atoms with Gasteiger partial charge in [0, 0.05) is 0 Å². The maximum absolute atomic E-state index is 10.9. The van der Waals surface area contributed by atoms with Gasteiger partial charge in [-0.1, -0.05) is 40.4 Å². The molecule has 15 heavy (non-hydrogen) atoms. The van der Waals surface area contributed by atoms with Crippen molar-refractivity contribution in [1.29, 1.82) is 0 Å². The van der Waals surface area contributed by atoms with Gasteiger partial charge in [-0.25, -0.2) is 4.79 Å². The van der Waals surface area contributed by atoms with Crippen molar-refractivity contribution in [3.05, 3.63) is 17.2 Å². The molecule has 1 unspecified atom stereocenters. The Labute approximate surface area is 102 Å². The molecule has 0 N–H and O–H groups in total. The van der Waals surface area contributed by atoms with Crippen LogP contribution >= 0.6 is 34.8 Å². The maximum atomic E-state index is 10.9. The van der Waals surface area contributed by atoms with Gasteiger partial charge in [-0.3, -0.25) is 0 Å². The second-order valence-corrected chi connectivity index (χ2v) is 5.26. The summed E-state index contributed by atoms with van der Waals surface area (Å²) < 4.78 is 2.98. The predicted octanol–water partition coefficient (Wildman–Crippen LogP) is 2.54. The van der Waals surface area contributed by atoms with E-state index < -0.39 is 15.9 Å². The van der Waals surface area contributed by atoms with E-state index in [4.69, 9.17) is 45.1 Å². The van der Waals surface area contributed by atoms with Gasteiger partial charge in [0.15, 0.2) is 6.10 Å². The molecule has 0 aliphatic carbocycles. The number of alkyl halides is 3. The number of hydrogen-bond donors (Lipinski definition) is 0. The van der Waals surface area contributed by atoms with E-state index in [2.05, 4.69) is 4.79 Å². The van der Waals surface area contributed by atoms with Crippen LogP contribution in [-0.2, 0) is 9.53 Å². The van der Waals surface area contributed by atoms with Gasteiger partial charge in [0.25, 0.3) is 0 Å². The van der Waals surface area contributed by atoms with Gasteiger partial charge < -0.3 is 10.3 Å². The largest absolute Gasteiger partial charge is 0.445 e. The third kappa shape index (κ3) is 6.52. The van der Waals surface area contributed by atoms with E-state index in [0.717, 1.165) is 5.57 Å². The van der Waals surface area contributed by atoms with Gasteiger partial charge in [-0.2, -0.15) is 4.79 Å². The average molecular weight is 272 g/mol. The monoisotopic (exact) mass is 270 g/mol. The maximum Gasteiger partial charge on any atom is 0.414 e. The first-order valence-corrected chi connectivity index (χ1v) is 5.00. The SMILES string of the molecule is CC(C)=CC(OC(=O)C=[N+]=[N-])C(Cl)(Cl)Cl. The summed E-state index contributed by atoms with van der Waals surface area (Å²) in [7, 11) is 0. The topological polar surface area (TPSA) is 62.7 Å². The van der Waals surface area contributed by atoms with Crippen molar-refractivity contribution in [1.82, 2.24) is 0 Å². The van der Waals surface area contributed by atoms with Crippen molar-refractivity contribution in [2.45, 2.75) is 23.7 Å². The van der Waals surface area contributed by atoms with E-state index >= 15 is 0 Å². The fourth-order valence-electron chi connectivity index (χ4n) is 0.701. The van der Waals surface area contributed by atoms with Gasteiger partial charge in [-0.05, 0) is 19.9 Å². The Bertz CT molecular complexity index is 312. The van der Waals surface area contributed by atoms with Gasteiger partial charge in [0.05, 0.1) is 0 Å². The lowest BCUT2D eigenvalue weighted by molar-refractivity contribution is -0.141. The molecule has 0 amide bonds. The fraction of sp³-hybridized carbons (Fsp3) is 0.500. The number of carbonyl (C=O) groups is 1. The normalized spacial score (nSPS) is 12.3. The molecule has 7 heteroatoms. The second-order valence-electron chi connectivity index (χ2n) is 2.89. The molecule has 0 fully saturated rings. The van der Waals surface area contributed by atoms with Crippen LogP contribution in [0, 0.1) is 0 Å². The van der Waals surface area contributed by atoms with Crippen LogP contribution in [0.2, 0.25) is 0 Å². The summed E-state index contributed by atoms with van der Waals surface area (Å²) in [6.07, 6.45) is 1.02. The van der Waals surface area contributed by atoms with Gasteiger partial charge >= 0.3 is 12.2 Å². The molecule has 4 nitrogen and oxygen atoms in total. The van der Waals surface area contributed by atoms with Crippen LogP contribution in [0.25, 0.3) is 5.53 Å². The quantitative estimate of drug-likeness (QED) is 0.198. The average Bonchev–Trinajstić information content (AvgIpc) is 2.00. The lowest BCUT2D eigenvalue weighted by atomic mass is 10.2. The molecule has 1 atom stereocenters. The predicted molar refractivity (Wildman–Crippen MR) is 59.3 cm³/mol. The number of carbonyl (C=O) groups excluding carboxylic acids is 1. The highest BCUT2D eigenvalue weighted by Crippen LogP contribution is 2.33. The second kappa shape index (κ2) is 6.13.